The summed E-state index contributed by atoms with van der Waals surface area (Å²) in [5.74, 6) is 3.78. The normalized spacial score (nSPS) is 28.0. The average Bonchev–Trinajstić information content (AvgIpc) is 3.08. The highest BCUT2D eigenvalue weighted by molar-refractivity contribution is 5.86. The second-order valence-corrected chi connectivity index (χ2v) is 9.28. The summed E-state index contributed by atoms with van der Waals surface area (Å²) in [6.45, 7) is 4.35. The smallest absolute Gasteiger partial charge is 0.409 e. The molecule has 1 unspecified atom stereocenters. The number of hydrogen-bond acceptors (Lipinski definition) is 6. The van der Waals surface area contributed by atoms with Crippen molar-refractivity contribution >= 4 is 17.8 Å². The minimum absolute atomic E-state index is 0.103. The second kappa shape index (κ2) is 9.37. The third-order valence-corrected chi connectivity index (χ3v) is 7.10. The number of nitrogens with zero attached hydrogens (tertiary/aromatic N) is 3. The molecule has 1 aromatic rings. The summed E-state index contributed by atoms with van der Waals surface area (Å²) in [5, 5.41) is 12.3. The van der Waals surface area contributed by atoms with Crippen molar-refractivity contribution in [3.8, 4) is 18.1 Å². The van der Waals surface area contributed by atoms with Crippen molar-refractivity contribution in [1.82, 2.24) is 15.2 Å². The van der Waals surface area contributed by atoms with E-state index in [1.165, 1.54) is 6.20 Å². The van der Waals surface area contributed by atoms with Gasteiger partial charge < -0.3 is 25.0 Å². The van der Waals surface area contributed by atoms with Crippen LogP contribution in [0.4, 0.5) is 10.6 Å². The Kier molecular flexibility index (Phi) is 6.56. The quantitative estimate of drug-likeness (QED) is 0.698. The third-order valence-electron chi connectivity index (χ3n) is 7.10. The molecule has 0 bridgehead atoms. The van der Waals surface area contributed by atoms with Crippen LogP contribution in [0.3, 0.4) is 0 Å². The number of likely N-dealkylation sites (tertiary alicyclic amines) is 1. The van der Waals surface area contributed by atoms with E-state index >= 15 is 0 Å². The highest BCUT2D eigenvalue weighted by atomic mass is 16.6. The van der Waals surface area contributed by atoms with Crippen molar-refractivity contribution in [2.24, 2.45) is 5.41 Å². The molecule has 1 atom stereocenters. The molecule has 2 amide bonds. The topological polar surface area (TPSA) is 95.0 Å². The first-order valence-electron chi connectivity index (χ1n) is 11.5. The molecule has 4 rings (SSSR count). The minimum Gasteiger partial charge on any atom is -0.409 e. The van der Waals surface area contributed by atoms with Crippen LogP contribution in [0.15, 0.2) is 12.3 Å². The monoisotopic (exact) mass is 440 g/mol. The molecule has 8 nitrogen and oxygen atoms in total. The summed E-state index contributed by atoms with van der Waals surface area (Å²) >= 11 is 0. The Labute approximate surface area is 189 Å². The zero-order chi connectivity index (χ0) is 22.7. The molecule has 1 aliphatic carbocycles. The van der Waals surface area contributed by atoms with Crippen LogP contribution in [-0.4, -0.2) is 65.3 Å². The van der Waals surface area contributed by atoms with E-state index in [0.29, 0.717) is 12.3 Å². The Morgan fingerprint density at radius 2 is 2.12 bits per heavy atom. The number of amides is 2. The zero-order valence-corrected chi connectivity index (χ0v) is 18.7. The van der Waals surface area contributed by atoms with Gasteiger partial charge in [-0.15, -0.1) is 6.42 Å². The van der Waals surface area contributed by atoms with Crippen LogP contribution in [0.2, 0.25) is 0 Å². The van der Waals surface area contributed by atoms with Crippen molar-refractivity contribution < 1.29 is 19.4 Å². The fourth-order valence-electron chi connectivity index (χ4n) is 5.45. The van der Waals surface area contributed by atoms with E-state index in [2.05, 4.69) is 26.0 Å². The van der Waals surface area contributed by atoms with E-state index in [9.17, 15) is 14.7 Å². The predicted molar refractivity (Wildman–Crippen MR) is 120 cm³/mol. The van der Waals surface area contributed by atoms with E-state index in [0.717, 1.165) is 69.4 Å². The van der Waals surface area contributed by atoms with Gasteiger partial charge in [0, 0.05) is 25.7 Å². The fraction of sp³-hybridized carbons (Fsp3) is 0.625. The Bertz CT molecular complexity index is 906. The van der Waals surface area contributed by atoms with E-state index in [4.69, 9.17) is 11.2 Å². The number of rotatable bonds is 4. The van der Waals surface area contributed by atoms with Gasteiger partial charge in [0.1, 0.15) is 5.82 Å². The Balaban J connectivity index is 1.43. The number of anilines is 1. The van der Waals surface area contributed by atoms with Crippen molar-refractivity contribution in [2.45, 2.75) is 64.0 Å². The fourth-order valence-corrected chi connectivity index (χ4v) is 5.45. The van der Waals surface area contributed by atoms with E-state index in [-0.39, 0.29) is 30.0 Å². The van der Waals surface area contributed by atoms with Gasteiger partial charge in [0.05, 0.1) is 24.3 Å². The van der Waals surface area contributed by atoms with Crippen molar-refractivity contribution in [3.05, 3.63) is 17.8 Å². The molecule has 2 N–H and O–H groups in total. The minimum atomic E-state index is -0.610. The van der Waals surface area contributed by atoms with E-state index in [1.807, 2.05) is 6.92 Å². The number of aliphatic hydroxyl groups is 1. The maximum atomic E-state index is 13.5. The van der Waals surface area contributed by atoms with Gasteiger partial charge in [-0.2, -0.15) is 0 Å². The lowest BCUT2D eigenvalue weighted by atomic mass is 9.78. The maximum Gasteiger partial charge on any atom is 0.413 e. The Morgan fingerprint density at radius 3 is 2.84 bits per heavy atom. The van der Waals surface area contributed by atoms with Crippen LogP contribution in [0.1, 0.15) is 50.5 Å². The van der Waals surface area contributed by atoms with Gasteiger partial charge in [0.15, 0.2) is 5.75 Å². The lowest BCUT2D eigenvalue weighted by Gasteiger charge is -2.41. The molecule has 0 aromatic carbocycles. The molecule has 2 aliphatic heterocycles. The van der Waals surface area contributed by atoms with Crippen LogP contribution >= 0.6 is 0 Å². The van der Waals surface area contributed by atoms with Crippen molar-refractivity contribution in [1.29, 1.82) is 0 Å². The van der Waals surface area contributed by atoms with Crippen LogP contribution in [0.5, 0.6) is 5.75 Å². The highest BCUT2D eigenvalue weighted by Gasteiger charge is 2.50. The van der Waals surface area contributed by atoms with Gasteiger partial charge in [-0.3, -0.25) is 4.79 Å². The number of carbonyl (C=O) groups excluding carboxylic acids is 2. The highest BCUT2D eigenvalue weighted by Crippen LogP contribution is 2.43. The molecular formula is C24H32N4O4. The summed E-state index contributed by atoms with van der Waals surface area (Å²) < 4.78 is 5.23. The number of hydrogen-bond donors (Lipinski definition) is 2. The molecule has 2 saturated heterocycles. The molecule has 1 spiro atoms. The number of aryl methyl sites for hydroxylation is 1. The van der Waals surface area contributed by atoms with Crippen LogP contribution in [0, 0.1) is 24.7 Å². The van der Waals surface area contributed by atoms with Crippen molar-refractivity contribution in [2.75, 3.05) is 31.1 Å². The average molecular weight is 441 g/mol. The van der Waals surface area contributed by atoms with Gasteiger partial charge in [-0.1, -0.05) is 5.92 Å². The SMILES string of the molecule is C#CCNC(=O)Oc1cnc(N2CCCC3(CCN(C4CCC(O)CC4)C3=O)C2)c(C)c1. The number of aliphatic hydroxyl groups excluding tert-OH is 1. The van der Waals surface area contributed by atoms with E-state index in [1.54, 1.807) is 6.07 Å². The predicted octanol–water partition coefficient (Wildman–Crippen LogP) is 2.23. The number of nitrogens with one attached hydrogen (secondary N) is 1. The van der Waals surface area contributed by atoms with Gasteiger partial charge in [0.2, 0.25) is 5.91 Å². The maximum absolute atomic E-state index is 13.5. The summed E-state index contributed by atoms with van der Waals surface area (Å²) in [6.07, 6.45) is 11.9. The Hall–Kier alpha value is -2.79. The largest absolute Gasteiger partial charge is 0.413 e. The molecule has 3 aliphatic rings. The standard InChI is InChI=1S/C24H32N4O4/c1-3-11-25-23(31)32-20-14-17(2)21(26-15-20)27-12-4-9-24(16-27)10-13-28(22(24)30)18-5-7-19(29)8-6-18/h1,14-15,18-19,29H,4-13,16H2,2H3,(H,25,31). The number of ether oxygens (including phenoxy) is 1. The summed E-state index contributed by atoms with van der Waals surface area (Å²) in [5.41, 5.74) is 0.542. The molecule has 3 heterocycles. The van der Waals surface area contributed by atoms with Crippen molar-refractivity contribution in [3.63, 3.8) is 0 Å². The first kappa shape index (κ1) is 22.4. The molecule has 8 heteroatoms. The Morgan fingerprint density at radius 1 is 1.34 bits per heavy atom. The zero-order valence-electron chi connectivity index (χ0n) is 18.7. The second-order valence-electron chi connectivity index (χ2n) is 9.28. The van der Waals surface area contributed by atoms with Crippen LogP contribution < -0.4 is 15.0 Å². The lowest BCUT2D eigenvalue weighted by Crippen LogP contribution is -2.50. The van der Waals surface area contributed by atoms with E-state index < -0.39 is 6.09 Å². The molecular weight excluding hydrogens is 408 g/mol. The number of pyridine rings is 1. The molecule has 1 saturated carbocycles. The van der Waals surface area contributed by atoms with Gasteiger partial charge >= 0.3 is 6.09 Å². The first-order chi connectivity index (χ1) is 15.4. The molecule has 0 radical (unpaired) electrons. The number of piperidine rings is 1. The molecule has 172 valence electrons. The summed E-state index contributed by atoms with van der Waals surface area (Å²) in [7, 11) is 0. The summed E-state index contributed by atoms with van der Waals surface area (Å²) in [4.78, 5) is 34.1. The number of aromatic nitrogens is 1. The first-order valence-corrected chi connectivity index (χ1v) is 11.5. The molecule has 1 aromatic heterocycles. The van der Waals surface area contributed by atoms with Gasteiger partial charge in [-0.25, -0.2) is 9.78 Å². The van der Waals surface area contributed by atoms with Gasteiger partial charge in [-0.05, 0) is 63.5 Å². The lowest BCUT2D eigenvalue weighted by molar-refractivity contribution is -0.139. The number of terminal acetylenes is 1. The van der Waals surface area contributed by atoms with Crippen LogP contribution in [0.25, 0.3) is 0 Å². The molecule has 3 fully saturated rings. The summed E-state index contributed by atoms with van der Waals surface area (Å²) in [6, 6.07) is 2.05. The number of carbonyl (C=O) groups is 2. The van der Waals surface area contributed by atoms with Gasteiger partial charge in [0.25, 0.3) is 0 Å². The van der Waals surface area contributed by atoms with Crippen LogP contribution in [-0.2, 0) is 4.79 Å². The third kappa shape index (κ3) is 4.53. The molecule has 32 heavy (non-hydrogen) atoms.